The summed E-state index contributed by atoms with van der Waals surface area (Å²) in [5.41, 5.74) is -0.405. The Kier molecular flexibility index (Phi) is 6.15. The van der Waals surface area contributed by atoms with Gasteiger partial charge in [-0.05, 0) is 24.1 Å². The second kappa shape index (κ2) is 8.87. The summed E-state index contributed by atoms with van der Waals surface area (Å²) in [5.74, 6) is -0.737. The van der Waals surface area contributed by atoms with Gasteiger partial charge in [-0.1, -0.05) is 17.4 Å². The number of carbonyl (C=O) groups excluding carboxylic acids is 1. The van der Waals surface area contributed by atoms with Crippen LogP contribution in [0.4, 0.5) is 27.5 Å². The van der Waals surface area contributed by atoms with Crippen molar-refractivity contribution in [1.82, 2.24) is 20.2 Å². The summed E-state index contributed by atoms with van der Waals surface area (Å²) < 4.78 is 57.3. The number of ether oxygens (including phenoxy) is 1. The summed E-state index contributed by atoms with van der Waals surface area (Å²) in [6.07, 6.45) is -2.51. The number of alkyl halides is 3. The molecule has 1 atom stereocenters. The highest BCUT2D eigenvalue weighted by atomic mass is 32.1. The van der Waals surface area contributed by atoms with Crippen molar-refractivity contribution in [3.8, 4) is 5.75 Å². The van der Waals surface area contributed by atoms with Gasteiger partial charge in [-0.2, -0.15) is 13.2 Å². The number of carbonyl (C=O) groups is 1. The van der Waals surface area contributed by atoms with Crippen LogP contribution in [0.25, 0.3) is 10.3 Å². The van der Waals surface area contributed by atoms with E-state index in [-0.39, 0.29) is 18.6 Å². The molecule has 32 heavy (non-hydrogen) atoms. The number of nitrogens with zero attached hydrogens (tertiary/aromatic N) is 3. The highest BCUT2D eigenvalue weighted by Gasteiger charge is 2.34. The molecule has 0 saturated carbocycles. The maximum atomic E-state index is 13.4. The molecule has 7 nitrogen and oxygen atoms in total. The lowest BCUT2D eigenvalue weighted by Gasteiger charge is -2.17. The Morgan fingerprint density at radius 1 is 1.34 bits per heavy atom. The van der Waals surface area contributed by atoms with E-state index in [1.54, 1.807) is 17.2 Å². The molecule has 12 heteroatoms. The number of methoxy groups -OCH3 is 1. The van der Waals surface area contributed by atoms with Crippen LogP contribution < -0.4 is 15.4 Å². The summed E-state index contributed by atoms with van der Waals surface area (Å²) in [4.78, 5) is 23.4. The van der Waals surface area contributed by atoms with Crippen molar-refractivity contribution in [3.63, 3.8) is 0 Å². The predicted octanol–water partition coefficient (Wildman–Crippen LogP) is 4.25. The van der Waals surface area contributed by atoms with Gasteiger partial charge in [0.2, 0.25) is 0 Å². The van der Waals surface area contributed by atoms with Crippen LogP contribution in [-0.2, 0) is 12.7 Å². The monoisotopic (exact) mass is 469 g/mol. The van der Waals surface area contributed by atoms with Gasteiger partial charge in [-0.3, -0.25) is 5.32 Å². The summed E-state index contributed by atoms with van der Waals surface area (Å²) in [6.45, 7) is 0.992. The third-order valence-corrected chi connectivity index (χ3v) is 5.98. The van der Waals surface area contributed by atoms with E-state index in [1.165, 1.54) is 24.5 Å². The molecule has 3 heterocycles. The zero-order chi connectivity index (χ0) is 22.9. The first kappa shape index (κ1) is 22.2. The first-order valence-corrected chi connectivity index (χ1v) is 10.5. The lowest BCUT2D eigenvalue weighted by molar-refractivity contribution is -0.140. The fourth-order valence-corrected chi connectivity index (χ4v) is 4.29. The topological polar surface area (TPSA) is 79.4 Å². The zero-order valence-corrected chi connectivity index (χ0v) is 17.7. The Balaban J connectivity index is 1.33. The van der Waals surface area contributed by atoms with Crippen LogP contribution in [0.3, 0.4) is 0 Å². The number of halogens is 4. The quantitative estimate of drug-likeness (QED) is 0.546. The molecule has 1 saturated heterocycles. The average molecular weight is 469 g/mol. The highest BCUT2D eigenvalue weighted by molar-refractivity contribution is 7.22. The van der Waals surface area contributed by atoms with E-state index in [4.69, 9.17) is 4.74 Å². The molecule has 3 aromatic rings. The normalized spacial score (nSPS) is 16.5. The maximum absolute atomic E-state index is 13.4. The smallest absolute Gasteiger partial charge is 0.419 e. The zero-order valence-electron chi connectivity index (χ0n) is 16.9. The molecule has 1 aliphatic heterocycles. The van der Waals surface area contributed by atoms with Crippen LogP contribution >= 0.6 is 11.3 Å². The minimum atomic E-state index is -4.75. The number of benzene rings is 1. The van der Waals surface area contributed by atoms with Gasteiger partial charge in [-0.15, -0.1) is 0 Å². The van der Waals surface area contributed by atoms with Crippen molar-refractivity contribution in [3.05, 3.63) is 47.4 Å². The van der Waals surface area contributed by atoms with Gasteiger partial charge in [0.15, 0.2) is 5.13 Å². The molecule has 0 aliphatic carbocycles. The van der Waals surface area contributed by atoms with E-state index in [1.807, 2.05) is 0 Å². The van der Waals surface area contributed by atoms with E-state index in [2.05, 4.69) is 20.6 Å². The fraction of sp³-hybridized carbons (Fsp3) is 0.350. The number of urea groups is 1. The molecule has 1 aliphatic rings. The van der Waals surface area contributed by atoms with E-state index in [0.717, 1.165) is 12.1 Å². The Bertz CT molecular complexity index is 1140. The Hall–Kier alpha value is -2.99. The van der Waals surface area contributed by atoms with Gasteiger partial charge in [0.1, 0.15) is 21.9 Å². The number of anilines is 1. The van der Waals surface area contributed by atoms with Crippen LogP contribution in [0.1, 0.15) is 17.5 Å². The number of fused-ring (bicyclic) bond motifs is 1. The minimum Gasteiger partial charge on any atom is -0.494 e. The lowest BCUT2D eigenvalue weighted by Crippen LogP contribution is -2.37. The fourth-order valence-electron chi connectivity index (χ4n) is 3.47. The van der Waals surface area contributed by atoms with Crippen LogP contribution in [-0.4, -0.2) is 47.1 Å². The molecule has 0 radical (unpaired) electrons. The summed E-state index contributed by atoms with van der Waals surface area (Å²) in [6, 6.07) is 4.19. The predicted molar refractivity (Wildman–Crippen MR) is 111 cm³/mol. The van der Waals surface area contributed by atoms with Gasteiger partial charge in [0.05, 0.1) is 12.7 Å². The number of likely N-dealkylation sites (tertiary alicyclic amines) is 1. The van der Waals surface area contributed by atoms with Gasteiger partial charge in [-0.25, -0.2) is 19.2 Å². The van der Waals surface area contributed by atoms with E-state index >= 15 is 0 Å². The SMILES string of the molecule is COc1ccnc2sc(NC(=O)N3CCC(NCc4ccc(F)c(C(F)(F)F)c4)C3)nc12. The third-order valence-electron chi connectivity index (χ3n) is 5.10. The van der Waals surface area contributed by atoms with E-state index in [0.29, 0.717) is 46.3 Å². The molecule has 1 fully saturated rings. The maximum Gasteiger partial charge on any atom is 0.419 e. The molecule has 2 aromatic heterocycles. The molecule has 1 aromatic carbocycles. The number of aromatic nitrogens is 2. The van der Waals surface area contributed by atoms with Crippen molar-refractivity contribution < 1.29 is 27.1 Å². The molecule has 2 amide bonds. The lowest BCUT2D eigenvalue weighted by atomic mass is 10.1. The molecule has 0 spiro atoms. The summed E-state index contributed by atoms with van der Waals surface area (Å²) >= 11 is 1.23. The largest absolute Gasteiger partial charge is 0.494 e. The summed E-state index contributed by atoms with van der Waals surface area (Å²) in [7, 11) is 1.53. The number of nitrogens with one attached hydrogen (secondary N) is 2. The van der Waals surface area contributed by atoms with Crippen LogP contribution in [0.2, 0.25) is 0 Å². The van der Waals surface area contributed by atoms with Crippen molar-refractivity contribution in [1.29, 1.82) is 0 Å². The highest BCUT2D eigenvalue weighted by Crippen LogP contribution is 2.32. The van der Waals surface area contributed by atoms with Crippen LogP contribution in [0, 0.1) is 5.82 Å². The Morgan fingerprint density at radius 3 is 2.91 bits per heavy atom. The first-order valence-electron chi connectivity index (χ1n) is 9.69. The first-order chi connectivity index (χ1) is 15.2. The van der Waals surface area contributed by atoms with Gasteiger partial charge in [0, 0.05) is 37.9 Å². The van der Waals surface area contributed by atoms with Crippen molar-refractivity contribution in [2.24, 2.45) is 0 Å². The third kappa shape index (κ3) is 4.75. The molecule has 0 bridgehead atoms. The van der Waals surface area contributed by atoms with E-state index in [9.17, 15) is 22.4 Å². The molecular weight excluding hydrogens is 450 g/mol. The number of hydrogen-bond donors (Lipinski definition) is 2. The molecule has 170 valence electrons. The van der Waals surface area contributed by atoms with Crippen molar-refractivity contribution >= 4 is 32.8 Å². The molecule has 4 rings (SSSR count). The van der Waals surface area contributed by atoms with Crippen molar-refractivity contribution in [2.75, 3.05) is 25.5 Å². The molecule has 2 N–H and O–H groups in total. The average Bonchev–Trinajstić information content (AvgIpc) is 3.38. The van der Waals surface area contributed by atoms with Gasteiger partial charge >= 0.3 is 12.2 Å². The van der Waals surface area contributed by atoms with Crippen LogP contribution in [0.5, 0.6) is 5.75 Å². The minimum absolute atomic E-state index is 0.0998. The number of amides is 2. The second-order valence-electron chi connectivity index (χ2n) is 7.24. The van der Waals surface area contributed by atoms with Crippen molar-refractivity contribution in [2.45, 2.75) is 25.2 Å². The molecule has 1 unspecified atom stereocenters. The Morgan fingerprint density at radius 2 is 2.16 bits per heavy atom. The molecular formula is C20H19F4N5O2S. The number of pyridine rings is 1. The van der Waals surface area contributed by atoms with E-state index < -0.39 is 17.6 Å². The van der Waals surface area contributed by atoms with Gasteiger partial charge in [0.25, 0.3) is 0 Å². The standard InChI is InChI=1S/C20H19F4N5O2S/c1-31-15-4-6-25-17-16(15)27-18(32-17)28-19(30)29-7-5-12(10-29)26-9-11-2-3-14(21)13(8-11)20(22,23)24/h2-4,6,8,12,26H,5,7,9-10H2,1H3,(H,27,28,30). The number of rotatable bonds is 5. The Labute approximate surface area is 184 Å². The number of hydrogen-bond acceptors (Lipinski definition) is 6. The summed E-state index contributed by atoms with van der Waals surface area (Å²) in [5, 5.41) is 6.28. The number of thiazole rings is 1. The second-order valence-corrected chi connectivity index (χ2v) is 8.22. The van der Waals surface area contributed by atoms with Crippen LogP contribution in [0.15, 0.2) is 30.5 Å². The van der Waals surface area contributed by atoms with Gasteiger partial charge < -0.3 is 15.0 Å².